The van der Waals surface area contributed by atoms with Gasteiger partial charge < -0.3 is 9.63 Å². The summed E-state index contributed by atoms with van der Waals surface area (Å²) in [5.41, 5.74) is 1.96. The molecule has 1 heterocycles. The van der Waals surface area contributed by atoms with Crippen molar-refractivity contribution in [1.82, 2.24) is 5.16 Å². The van der Waals surface area contributed by atoms with Gasteiger partial charge in [0, 0.05) is 10.6 Å². The molecule has 0 radical (unpaired) electrons. The Morgan fingerprint density at radius 2 is 2.12 bits per heavy atom. The van der Waals surface area contributed by atoms with Crippen molar-refractivity contribution >= 4 is 17.6 Å². The van der Waals surface area contributed by atoms with Crippen LogP contribution in [0, 0.1) is 13.8 Å². The van der Waals surface area contributed by atoms with Crippen LogP contribution in [0.4, 0.5) is 0 Å². The Morgan fingerprint density at radius 1 is 1.41 bits per heavy atom. The highest BCUT2D eigenvalue weighted by atomic mass is 35.5. The second kappa shape index (κ2) is 4.22. The number of rotatable bonds is 2. The highest BCUT2D eigenvalue weighted by Crippen LogP contribution is 2.28. The first-order valence-corrected chi connectivity index (χ1v) is 5.34. The summed E-state index contributed by atoms with van der Waals surface area (Å²) in [6.45, 7) is 3.42. The maximum absolute atomic E-state index is 11.1. The van der Waals surface area contributed by atoms with Gasteiger partial charge in [0.1, 0.15) is 17.0 Å². The quantitative estimate of drug-likeness (QED) is 0.889. The summed E-state index contributed by atoms with van der Waals surface area (Å²) in [5.74, 6) is -0.758. The summed E-state index contributed by atoms with van der Waals surface area (Å²) in [7, 11) is 0. The fourth-order valence-corrected chi connectivity index (χ4v) is 1.73. The Balaban J connectivity index is 2.60. The van der Waals surface area contributed by atoms with E-state index in [0.717, 1.165) is 5.56 Å². The fourth-order valence-electron chi connectivity index (χ4n) is 1.61. The molecule has 88 valence electrons. The SMILES string of the molecule is Cc1cc(-c2noc(C)c2C(=O)O)ccc1Cl. The van der Waals surface area contributed by atoms with Crippen molar-refractivity contribution in [2.45, 2.75) is 13.8 Å². The van der Waals surface area contributed by atoms with E-state index in [9.17, 15) is 4.79 Å². The monoisotopic (exact) mass is 251 g/mol. The molecule has 0 unspecified atom stereocenters. The Hall–Kier alpha value is -1.81. The molecule has 0 aliphatic rings. The average Bonchev–Trinajstić information content (AvgIpc) is 2.64. The second-order valence-electron chi connectivity index (χ2n) is 3.73. The Bertz CT molecular complexity index is 589. The van der Waals surface area contributed by atoms with Gasteiger partial charge in [-0.15, -0.1) is 0 Å². The molecule has 0 atom stereocenters. The third kappa shape index (κ3) is 2.03. The van der Waals surface area contributed by atoms with Crippen molar-refractivity contribution < 1.29 is 14.4 Å². The minimum absolute atomic E-state index is 0.0896. The molecule has 0 fully saturated rings. The topological polar surface area (TPSA) is 63.3 Å². The van der Waals surface area contributed by atoms with Crippen molar-refractivity contribution in [2.75, 3.05) is 0 Å². The van der Waals surface area contributed by atoms with Gasteiger partial charge in [0.2, 0.25) is 0 Å². The molecule has 0 saturated heterocycles. The van der Waals surface area contributed by atoms with Crippen molar-refractivity contribution in [3.05, 3.63) is 40.1 Å². The van der Waals surface area contributed by atoms with E-state index in [-0.39, 0.29) is 5.56 Å². The van der Waals surface area contributed by atoms with Crippen LogP contribution in [0.5, 0.6) is 0 Å². The molecule has 0 aliphatic carbocycles. The fraction of sp³-hybridized carbons (Fsp3) is 0.167. The number of halogens is 1. The maximum atomic E-state index is 11.1. The second-order valence-corrected chi connectivity index (χ2v) is 4.14. The minimum Gasteiger partial charge on any atom is -0.477 e. The minimum atomic E-state index is -1.05. The van der Waals surface area contributed by atoms with Crippen LogP contribution in [-0.4, -0.2) is 16.2 Å². The smallest absolute Gasteiger partial charge is 0.341 e. The Morgan fingerprint density at radius 3 is 2.71 bits per heavy atom. The molecule has 2 rings (SSSR count). The molecule has 17 heavy (non-hydrogen) atoms. The lowest BCUT2D eigenvalue weighted by Gasteiger charge is -2.01. The van der Waals surface area contributed by atoms with Gasteiger partial charge >= 0.3 is 5.97 Å². The van der Waals surface area contributed by atoms with Gasteiger partial charge in [-0.25, -0.2) is 4.79 Å². The van der Waals surface area contributed by atoms with Gasteiger partial charge in [-0.3, -0.25) is 0 Å². The molecule has 1 N–H and O–H groups in total. The highest BCUT2D eigenvalue weighted by Gasteiger charge is 2.20. The molecule has 1 aromatic heterocycles. The third-order valence-electron chi connectivity index (χ3n) is 2.51. The Labute approximate surface area is 103 Å². The summed E-state index contributed by atoms with van der Waals surface area (Å²) in [6.07, 6.45) is 0. The van der Waals surface area contributed by atoms with Gasteiger partial charge in [0.15, 0.2) is 0 Å². The lowest BCUT2D eigenvalue weighted by Crippen LogP contribution is -1.99. The van der Waals surface area contributed by atoms with E-state index in [1.165, 1.54) is 0 Å². The van der Waals surface area contributed by atoms with E-state index in [1.807, 2.05) is 6.92 Å². The van der Waals surface area contributed by atoms with Crippen molar-refractivity contribution in [2.24, 2.45) is 0 Å². The molecular weight excluding hydrogens is 242 g/mol. The summed E-state index contributed by atoms with van der Waals surface area (Å²) in [5, 5.41) is 13.5. The number of hydrogen-bond acceptors (Lipinski definition) is 3. The molecule has 5 heteroatoms. The number of carboxylic acids is 1. The molecular formula is C12H10ClNO3. The first kappa shape index (κ1) is 11.7. The van der Waals surface area contributed by atoms with Crippen LogP contribution >= 0.6 is 11.6 Å². The van der Waals surface area contributed by atoms with Crippen LogP contribution in [0.3, 0.4) is 0 Å². The molecule has 2 aromatic rings. The highest BCUT2D eigenvalue weighted by molar-refractivity contribution is 6.31. The van der Waals surface area contributed by atoms with E-state index in [2.05, 4.69) is 5.16 Å². The molecule has 4 nitrogen and oxygen atoms in total. The van der Waals surface area contributed by atoms with Crippen LogP contribution < -0.4 is 0 Å². The van der Waals surface area contributed by atoms with Crippen molar-refractivity contribution in [3.63, 3.8) is 0 Å². The Kier molecular flexibility index (Phi) is 2.90. The van der Waals surface area contributed by atoms with Gasteiger partial charge in [-0.05, 0) is 31.5 Å². The van der Waals surface area contributed by atoms with Crippen molar-refractivity contribution in [1.29, 1.82) is 0 Å². The van der Waals surface area contributed by atoms with Gasteiger partial charge in [0.05, 0.1) is 0 Å². The first-order valence-electron chi connectivity index (χ1n) is 4.97. The number of carboxylic acid groups (broad SMARTS) is 1. The van der Waals surface area contributed by atoms with E-state index < -0.39 is 5.97 Å². The van der Waals surface area contributed by atoms with E-state index >= 15 is 0 Å². The number of nitrogens with zero attached hydrogens (tertiary/aromatic N) is 1. The summed E-state index contributed by atoms with van der Waals surface area (Å²) in [6, 6.07) is 5.22. The lowest BCUT2D eigenvalue weighted by molar-refractivity contribution is 0.0696. The normalized spacial score (nSPS) is 10.5. The van der Waals surface area contributed by atoms with Crippen LogP contribution in [0.1, 0.15) is 21.7 Å². The number of carbonyl (C=O) groups is 1. The first-order chi connectivity index (χ1) is 8.00. The summed E-state index contributed by atoms with van der Waals surface area (Å²) < 4.78 is 4.92. The van der Waals surface area contributed by atoms with Gasteiger partial charge in [-0.1, -0.05) is 22.8 Å². The molecule has 0 saturated carbocycles. The van der Waals surface area contributed by atoms with E-state index in [0.29, 0.717) is 22.0 Å². The molecule has 0 bridgehead atoms. The predicted molar refractivity (Wildman–Crippen MR) is 63.4 cm³/mol. The van der Waals surface area contributed by atoms with Gasteiger partial charge in [0.25, 0.3) is 0 Å². The zero-order valence-corrected chi connectivity index (χ0v) is 10.1. The van der Waals surface area contributed by atoms with Gasteiger partial charge in [-0.2, -0.15) is 0 Å². The predicted octanol–water partition coefficient (Wildman–Crippen LogP) is 3.31. The standard InChI is InChI=1S/C12H10ClNO3/c1-6-5-8(3-4-9(6)13)11-10(12(15)16)7(2)17-14-11/h3-5H,1-2H3,(H,15,16). The summed E-state index contributed by atoms with van der Waals surface area (Å²) >= 11 is 5.92. The lowest BCUT2D eigenvalue weighted by atomic mass is 10.0. The van der Waals surface area contributed by atoms with E-state index in [4.69, 9.17) is 21.2 Å². The van der Waals surface area contributed by atoms with E-state index in [1.54, 1.807) is 25.1 Å². The molecule has 0 amide bonds. The van der Waals surface area contributed by atoms with Crippen LogP contribution in [0.15, 0.2) is 22.7 Å². The summed E-state index contributed by atoms with van der Waals surface area (Å²) in [4.78, 5) is 11.1. The number of aryl methyl sites for hydroxylation is 2. The molecule has 0 aliphatic heterocycles. The van der Waals surface area contributed by atoms with Crippen LogP contribution in [0.2, 0.25) is 5.02 Å². The largest absolute Gasteiger partial charge is 0.477 e. The zero-order valence-electron chi connectivity index (χ0n) is 9.32. The zero-order chi connectivity index (χ0) is 12.6. The van der Waals surface area contributed by atoms with Crippen molar-refractivity contribution in [3.8, 4) is 11.3 Å². The molecule has 1 aromatic carbocycles. The number of benzene rings is 1. The number of aromatic nitrogens is 1. The van der Waals surface area contributed by atoms with Crippen LogP contribution in [-0.2, 0) is 0 Å². The number of hydrogen-bond donors (Lipinski definition) is 1. The average molecular weight is 252 g/mol. The number of aromatic carboxylic acids is 1. The maximum Gasteiger partial charge on any atom is 0.341 e. The molecule has 0 spiro atoms. The third-order valence-corrected chi connectivity index (χ3v) is 2.93. The van der Waals surface area contributed by atoms with Crippen LogP contribution in [0.25, 0.3) is 11.3 Å².